The Labute approximate surface area is 118 Å². The highest BCUT2D eigenvalue weighted by atomic mass is 35.5. The molecule has 1 aromatic heterocycles. The Hall–Kier alpha value is -0.380. The van der Waals surface area contributed by atoms with Gasteiger partial charge in [-0.05, 0) is 32.0 Å². The van der Waals surface area contributed by atoms with Crippen molar-refractivity contribution >= 4 is 28.7 Å². The first-order valence-corrected chi connectivity index (χ1v) is 7.80. The zero-order chi connectivity index (χ0) is 13.0. The SMILES string of the molecule is CN(Cc1ccc(Cl)s1)CC1CCCCCC1=O. The Balaban J connectivity index is 1.85. The first-order valence-electron chi connectivity index (χ1n) is 6.60. The average molecular weight is 286 g/mol. The summed E-state index contributed by atoms with van der Waals surface area (Å²) in [6.45, 7) is 1.77. The number of hydrogen-bond donors (Lipinski definition) is 0. The minimum Gasteiger partial charge on any atom is -0.301 e. The molecule has 4 heteroatoms. The van der Waals surface area contributed by atoms with Crippen LogP contribution in [0, 0.1) is 5.92 Å². The zero-order valence-corrected chi connectivity index (χ0v) is 12.4. The largest absolute Gasteiger partial charge is 0.301 e. The van der Waals surface area contributed by atoms with E-state index in [1.165, 1.54) is 17.7 Å². The molecule has 0 spiro atoms. The van der Waals surface area contributed by atoms with E-state index in [9.17, 15) is 4.79 Å². The van der Waals surface area contributed by atoms with Crippen molar-refractivity contribution in [2.45, 2.75) is 38.6 Å². The van der Waals surface area contributed by atoms with Crippen LogP contribution < -0.4 is 0 Å². The second-order valence-electron chi connectivity index (χ2n) is 5.17. The Morgan fingerprint density at radius 3 is 2.94 bits per heavy atom. The van der Waals surface area contributed by atoms with Crippen molar-refractivity contribution in [3.05, 3.63) is 21.3 Å². The van der Waals surface area contributed by atoms with E-state index in [2.05, 4.69) is 18.0 Å². The molecule has 1 unspecified atom stereocenters. The second kappa shape index (κ2) is 6.69. The number of nitrogens with zero attached hydrogens (tertiary/aromatic N) is 1. The highest BCUT2D eigenvalue weighted by Crippen LogP contribution is 2.24. The Kier molecular flexibility index (Phi) is 5.22. The molecule has 0 radical (unpaired) electrons. The Morgan fingerprint density at radius 1 is 1.39 bits per heavy atom. The quantitative estimate of drug-likeness (QED) is 0.780. The number of carbonyl (C=O) groups excluding carboxylic acids is 1. The van der Waals surface area contributed by atoms with E-state index in [0.717, 1.165) is 36.7 Å². The van der Waals surface area contributed by atoms with Crippen molar-refractivity contribution in [1.29, 1.82) is 0 Å². The van der Waals surface area contributed by atoms with Crippen molar-refractivity contribution in [3.8, 4) is 0 Å². The lowest BCUT2D eigenvalue weighted by Crippen LogP contribution is -2.29. The molecule has 1 aliphatic rings. The summed E-state index contributed by atoms with van der Waals surface area (Å²) < 4.78 is 0.837. The van der Waals surface area contributed by atoms with Crippen molar-refractivity contribution in [2.75, 3.05) is 13.6 Å². The van der Waals surface area contributed by atoms with Gasteiger partial charge < -0.3 is 4.90 Å². The number of hydrogen-bond acceptors (Lipinski definition) is 3. The number of halogens is 1. The highest BCUT2D eigenvalue weighted by molar-refractivity contribution is 7.16. The Bertz CT molecular complexity index is 404. The Morgan fingerprint density at radius 2 is 2.22 bits per heavy atom. The third-order valence-electron chi connectivity index (χ3n) is 3.52. The van der Waals surface area contributed by atoms with Crippen LogP contribution in [-0.2, 0) is 11.3 Å². The van der Waals surface area contributed by atoms with Crippen LogP contribution in [0.3, 0.4) is 0 Å². The lowest BCUT2D eigenvalue weighted by atomic mass is 9.98. The molecule has 2 rings (SSSR count). The molecule has 1 heterocycles. The van der Waals surface area contributed by atoms with Crippen molar-refractivity contribution in [2.24, 2.45) is 5.92 Å². The number of Topliss-reactive ketones (excluding diaryl/α,β-unsaturated/α-hetero) is 1. The fraction of sp³-hybridized carbons (Fsp3) is 0.643. The van der Waals surface area contributed by atoms with Gasteiger partial charge in [-0.25, -0.2) is 0 Å². The maximum absolute atomic E-state index is 12.0. The number of carbonyl (C=O) groups is 1. The normalized spacial score (nSPS) is 21.3. The number of ketones is 1. The molecule has 0 bridgehead atoms. The third-order valence-corrected chi connectivity index (χ3v) is 4.73. The third kappa shape index (κ3) is 4.08. The molecule has 2 nitrogen and oxygen atoms in total. The molecular weight excluding hydrogens is 266 g/mol. The van der Waals surface area contributed by atoms with Gasteiger partial charge in [0.25, 0.3) is 0 Å². The van der Waals surface area contributed by atoms with E-state index in [1.807, 2.05) is 6.07 Å². The number of thiophene rings is 1. The van der Waals surface area contributed by atoms with Gasteiger partial charge in [0.05, 0.1) is 4.34 Å². The second-order valence-corrected chi connectivity index (χ2v) is 6.96. The first-order chi connectivity index (χ1) is 8.65. The summed E-state index contributed by atoms with van der Waals surface area (Å²) in [4.78, 5) is 15.5. The van der Waals surface area contributed by atoms with Gasteiger partial charge >= 0.3 is 0 Å². The van der Waals surface area contributed by atoms with Gasteiger partial charge in [-0.1, -0.05) is 24.4 Å². The zero-order valence-electron chi connectivity index (χ0n) is 10.8. The molecule has 1 atom stereocenters. The lowest BCUT2D eigenvalue weighted by molar-refractivity contribution is -0.123. The standard InChI is InChI=1S/C14H20ClNOS/c1-16(10-12-7-8-14(15)18-12)9-11-5-3-2-4-6-13(11)17/h7-8,11H,2-6,9-10H2,1H3. The lowest BCUT2D eigenvalue weighted by Gasteiger charge is -2.21. The van der Waals surface area contributed by atoms with E-state index in [-0.39, 0.29) is 5.92 Å². The van der Waals surface area contributed by atoms with E-state index in [1.54, 1.807) is 11.3 Å². The monoisotopic (exact) mass is 285 g/mol. The van der Waals surface area contributed by atoms with Crippen molar-refractivity contribution < 1.29 is 4.79 Å². The molecular formula is C14H20ClNOS. The van der Waals surface area contributed by atoms with Gasteiger partial charge in [-0.15, -0.1) is 11.3 Å². The van der Waals surface area contributed by atoms with Crippen LogP contribution in [0.4, 0.5) is 0 Å². The molecule has 18 heavy (non-hydrogen) atoms. The molecule has 1 aromatic rings. The van der Waals surface area contributed by atoms with Crippen LogP contribution in [0.5, 0.6) is 0 Å². The van der Waals surface area contributed by atoms with Crippen LogP contribution in [0.1, 0.15) is 37.0 Å². The molecule has 100 valence electrons. The molecule has 0 aliphatic heterocycles. The molecule has 0 aromatic carbocycles. The van der Waals surface area contributed by atoms with Crippen LogP contribution in [0.25, 0.3) is 0 Å². The summed E-state index contributed by atoms with van der Waals surface area (Å²) >= 11 is 7.55. The summed E-state index contributed by atoms with van der Waals surface area (Å²) in [7, 11) is 2.09. The topological polar surface area (TPSA) is 20.3 Å². The molecule has 1 aliphatic carbocycles. The minimum atomic E-state index is 0.243. The minimum absolute atomic E-state index is 0.243. The summed E-state index contributed by atoms with van der Waals surface area (Å²) in [6.07, 6.45) is 5.35. The van der Waals surface area contributed by atoms with E-state index < -0.39 is 0 Å². The van der Waals surface area contributed by atoms with Crippen LogP contribution in [0.15, 0.2) is 12.1 Å². The average Bonchev–Trinajstić information content (AvgIpc) is 2.61. The van der Waals surface area contributed by atoms with E-state index >= 15 is 0 Å². The summed E-state index contributed by atoms with van der Waals surface area (Å²) in [5, 5.41) is 0. The van der Waals surface area contributed by atoms with E-state index in [0.29, 0.717) is 5.78 Å². The molecule has 0 amide bonds. The highest BCUT2D eigenvalue weighted by Gasteiger charge is 2.22. The molecule has 1 saturated carbocycles. The van der Waals surface area contributed by atoms with Gasteiger partial charge in [0.2, 0.25) is 0 Å². The van der Waals surface area contributed by atoms with Gasteiger partial charge in [0.1, 0.15) is 5.78 Å². The van der Waals surface area contributed by atoms with Gasteiger partial charge in [0.15, 0.2) is 0 Å². The van der Waals surface area contributed by atoms with E-state index in [4.69, 9.17) is 11.6 Å². The summed E-state index contributed by atoms with van der Waals surface area (Å²) in [5.74, 6) is 0.705. The predicted octanol–water partition coefficient (Wildman–Crippen LogP) is 3.98. The number of rotatable bonds is 4. The van der Waals surface area contributed by atoms with Crippen LogP contribution >= 0.6 is 22.9 Å². The fourth-order valence-electron chi connectivity index (χ4n) is 2.57. The van der Waals surface area contributed by atoms with Crippen molar-refractivity contribution in [3.63, 3.8) is 0 Å². The van der Waals surface area contributed by atoms with Crippen LogP contribution in [-0.4, -0.2) is 24.3 Å². The first kappa shape index (κ1) is 14.0. The van der Waals surface area contributed by atoms with Gasteiger partial charge in [-0.2, -0.15) is 0 Å². The van der Waals surface area contributed by atoms with Gasteiger partial charge in [-0.3, -0.25) is 4.79 Å². The summed E-state index contributed by atoms with van der Waals surface area (Å²) in [5.41, 5.74) is 0. The fourth-order valence-corrected chi connectivity index (χ4v) is 3.74. The molecule has 0 saturated heterocycles. The van der Waals surface area contributed by atoms with Crippen LogP contribution in [0.2, 0.25) is 4.34 Å². The maximum Gasteiger partial charge on any atom is 0.137 e. The maximum atomic E-state index is 12.0. The smallest absolute Gasteiger partial charge is 0.137 e. The van der Waals surface area contributed by atoms with Gasteiger partial charge in [0, 0.05) is 30.3 Å². The van der Waals surface area contributed by atoms with Crippen molar-refractivity contribution in [1.82, 2.24) is 4.90 Å². The summed E-state index contributed by atoms with van der Waals surface area (Å²) in [6, 6.07) is 4.00. The predicted molar refractivity (Wildman–Crippen MR) is 77.2 cm³/mol. The molecule has 1 fully saturated rings. The molecule has 0 N–H and O–H groups in total.